The molecular formula is C15H22N2O4. The first-order chi connectivity index (χ1) is 9.95. The number of carboxylic acid groups (broad SMARTS) is 1. The summed E-state index contributed by atoms with van der Waals surface area (Å²) in [6.07, 6.45) is 3.89. The summed E-state index contributed by atoms with van der Waals surface area (Å²) >= 11 is 0. The van der Waals surface area contributed by atoms with Crippen molar-refractivity contribution in [2.75, 3.05) is 0 Å². The van der Waals surface area contributed by atoms with Crippen LogP contribution in [-0.4, -0.2) is 29.1 Å². The second-order valence-corrected chi connectivity index (χ2v) is 6.94. The van der Waals surface area contributed by atoms with E-state index in [0.29, 0.717) is 11.8 Å². The number of carboxylic acids is 1. The standard InChI is InChI=1S/C15H22N2O4/c1-7(5-11(19)20)4-10(18)16-15(21)17-14-12-8-2-3-9(6-8)13(12)14/h7-9,12-14H,2-6H2,1H3,(H,19,20)(H2,16,17,18,21). The van der Waals surface area contributed by atoms with Crippen molar-refractivity contribution in [2.24, 2.45) is 29.6 Å². The predicted molar refractivity (Wildman–Crippen MR) is 74.3 cm³/mol. The van der Waals surface area contributed by atoms with Crippen LogP contribution in [0, 0.1) is 29.6 Å². The van der Waals surface area contributed by atoms with Crippen LogP contribution in [0.2, 0.25) is 0 Å². The summed E-state index contributed by atoms with van der Waals surface area (Å²) in [5.74, 6) is 1.21. The van der Waals surface area contributed by atoms with E-state index in [1.807, 2.05) is 0 Å². The van der Waals surface area contributed by atoms with Crippen molar-refractivity contribution in [1.82, 2.24) is 10.6 Å². The van der Waals surface area contributed by atoms with Crippen molar-refractivity contribution in [2.45, 2.75) is 45.1 Å². The van der Waals surface area contributed by atoms with Gasteiger partial charge in [-0.1, -0.05) is 6.92 Å². The molecule has 3 N–H and O–H groups in total. The van der Waals surface area contributed by atoms with E-state index in [4.69, 9.17) is 5.11 Å². The second kappa shape index (κ2) is 5.31. The zero-order valence-electron chi connectivity index (χ0n) is 12.2. The smallest absolute Gasteiger partial charge is 0.321 e. The first-order valence-electron chi connectivity index (χ1n) is 7.78. The Bertz CT molecular complexity index is 462. The largest absolute Gasteiger partial charge is 0.481 e. The molecule has 0 saturated heterocycles. The molecule has 3 rings (SSSR count). The van der Waals surface area contributed by atoms with Gasteiger partial charge in [-0.2, -0.15) is 0 Å². The number of carbonyl (C=O) groups excluding carboxylic acids is 2. The highest BCUT2D eigenvalue weighted by Gasteiger charge is 2.65. The number of rotatable bonds is 5. The highest BCUT2D eigenvalue weighted by molar-refractivity contribution is 5.94. The van der Waals surface area contributed by atoms with Crippen LogP contribution >= 0.6 is 0 Å². The number of hydrogen-bond acceptors (Lipinski definition) is 3. The molecular weight excluding hydrogens is 272 g/mol. The van der Waals surface area contributed by atoms with E-state index >= 15 is 0 Å². The molecule has 6 nitrogen and oxygen atoms in total. The van der Waals surface area contributed by atoms with Crippen LogP contribution < -0.4 is 10.6 Å². The van der Waals surface area contributed by atoms with E-state index in [9.17, 15) is 14.4 Å². The van der Waals surface area contributed by atoms with Gasteiger partial charge in [-0.3, -0.25) is 14.9 Å². The Labute approximate surface area is 123 Å². The fourth-order valence-corrected chi connectivity index (χ4v) is 4.57. The lowest BCUT2D eigenvalue weighted by Gasteiger charge is -2.12. The summed E-state index contributed by atoms with van der Waals surface area (Å²) in [7, 11) is 0. The molecule has 0 aliphatic heterocycles. The van der Waals surface area contributed by atoms with Crippen molar-refractivity contribution >= 4 is 17.9 Å². The van der Waals surface area contributed by atoms with Crippen molar-refractivity contribution in [3.63, 3.8) is 0 Å². The Morgan fingerprint density at radius 1 is 1.14 bits per heavy atom. The van der Waals surface area contributed by atoms with Crippen LogP contribution in [-0.2, 0) is 9.59 Å². The molecule has 116 valence electrons. The maximum Gasteiger partial charge on any atom is 0.321 e. The predicted octanol–water partition coefficient (Wildman–Crippen LogP) is 1.36. The van der Waals surface area contributed by atoms with E-state index in [0.717, 1.165) is 11.8 Å². The number of amides is 3. The monoisotopic (exact) mass is 294 g/mol. The Balaban J connectivity index is 1.39. The van der Waals surface area contributed by atoms with E-state index in [-0.39, 0.29) is 24.8 Å². The van der Waals surface area contributed by atoms with E-state index < -0.39 is 17.9 Å². The van der Waals surface area contributed by atoms with Crippen LogP contribution in [0.5, 0.6) is 0 Å². The summed E-state index contributed by atoms with van der Waals surface area (Å²) < 4.78 is 0. The molecule has 0 radical (unpaired) electrons. The molecule has 3 amide bonds. The maximum atomic E-state index is 11.8. The zero-order valence-corrected chi connectivity index (χ0v) is 12.2. The third-order valence-corrected chi connectivity index (χ3v) is 5.34. The molecule has 5 atom stereocenters. The lowest BCUT2D eigenvalue weighted by molar-refractivity contribution is -0.138. The Hall–Kier alpha value is -1.59. The Morgan fingerprint density at radius 3 is 2.33 bits per heavy atom. The molecule has 21 heavy (non-hydrogen) atoms. The molecule has 2 bridgehead atoms. The van der Waals surface area contributed by atoms with Gasteiger partial charge in [-0.15, -0.1) is 0 Å². The molecule has 0 spiro atoms. The average molecular weight is 294 g/mol. The SMILES string of the molecule is CC(CC(=O)O)CC(=O)NC(=O)NC1C2C3CCC(C3)C12. The van der Waals surface area contributed by atoms with E-state index in [1.54, 1.807) is 6.92 Å². The van der Waals surface area contributed by atoms with Crippen LogP contribution in [0.4, 0.5) is 4.79 Å². The van der Waals surface area contributed by atoms with Crippen LogP contribution in [0.25, 0.3) is 0 Å². The van der Waals surface area contributed by atoms with Crippen molar-refractivity contribution in [3.05, 3.63) is 0 Å². The highest BCUT2D eigenvalue weighted by atomic mass is 16.4. The summed E-state index contributed by atoms with van der Waals surface area (Å²) in [5.41, 5.74) is 0. The fraction of sp³-hybridized carbons (Fsp3) is 0.800. The Morgan fingerprint density at radius 2 is 1.76 bits per heavy atom. The first-order valence-corrected chi connectivity index (χ1v) is 7.78. The van der Waals surface area contributed by atoms with Crippen LogP contribution in [0.15, 0.2) is 0 Å². The van der Waals surface area contributed by atoms with Gasteiger partial charge < -0.3 is 10.4 Å². The van der Waals surface area contributed by atoms with Gasteiger partial charge in [-0.05, 0) is 48.9 Å². The second-order valence-electron chi connectivity index (χ2n) is 6.94. The average Bonchev–Trinajstić information content (AvgIpc) is 2.77. The molecule has 0 aromatic heterocycles. The highest BCUT2D eigenvalue weighted by Crippen LogP contribution is 2.65. The number of fused-ring (bicyclic) bond motifs is 5. The van der Waals surface area contributed by atoms with Gasteiger partial charge in [-0.25, -0.2) is 4.79 Å². The number of hydrogen-bond donors (Lipinski definition) is 3. The lowest BCUT2D eigenvalue weighted by Crippen LogP contribution is -2.42. The molecule has 3 fully saturated rings. The van der Waals surface area contributed by atoms with Gasteiger partial charge in [0, 0.05) is 18.9 Å². The molecule has 6 heteroatoms. The molecule has 3 saturated carbocycles. The third kappa shape index (κ3) is 2.89. The zero-order chi connectivity index (χ0) is 15.1. The van der Waals surface area contributed by atoms with Gasteiger partial charge in [0.25, 0.3) is 0 Å². The molecule has 0 heterocycles. The van der Waals surface area contributed by atoms with Crippen molar-refractivity contribution in [1.29, 1.82) is 0 Å². The third-order valence-electron chi connectivity index (χ3n) is 5.34. The van der Waals surface area contributed by atoms with Crippen LogP contribution in [0.1, 0.15) is 39.0 Å². The number of carbonyl (C=O) groups is 3. The number of imide groups is 1. The minimum Gasteiger partial charge on any atom is -0.481 e. The molecule has 0 aromatic carbocycles. The normalized spacial score (nSPS) is 36.7. The number of urea groups is 1. The summed E-state index contributed by atoms with van der Waals surface area (Å²) in [5, 5.41) is 13.9. The first kappa shape index (κ1) is 14.4. The molecule has 5 unspecified atom stereocenters. The van der Waals surface area contributed by atoms with Crippen molar-refractivity contribution < 1.29 is 19.5 Å². The van der Waals surface area contributed by atoms with E-state index in [2.05, 4.69) is 10.6 Å². The van der Waals surface area contributed by atoms with Gasteiger partial charge in [0.2, 0.25) is 5.91 Å². The number of aliphatic carboxylic acids is 1. The molecule has 3 aliphatic carbocycles. The van der Waals surface area contributed by atoms with Crippen molar-refractivity contribution in [3.8, 4) is 0 Å². The minimum absolute atomic E-state index is 0.0580. The van der Waals surface area contributed by atoms with E-state index in [1.165, 1.54) is 19.3 Å². The maximum absolute atomic E-state index is 11.8. The van der Waals surface area contributed by atoms with Gasteiger partial charge in [0.15, 0.2) is 0 Å². The molecule has 0 aromatic rings. The van der Waals surface area contributed by atoms with Crippen LogP contribution in [0.3, 0.4) is 0 Å². The van der Waals surface area contributed by atoms with Gasteiger partial charge in [0.05, 0.1) is 0 Å². The lowest BCUT2D eigenvalue weighted by atomic mass is 10.0. The van der Waals surface area contributed by atoms with Gasteiger partial charge in [0.1, 0.15) is 0 Å². The fourth-order valence-electron chi connectivity index (χ4n) is 4.57. The quantitative estimate of drug-likeness (QED) is 0.713. The summed E-state index contributed by atoms with van der Waals surface area (Å²) in [6.45, 7) is 1.69. The number of nitrogens with one attached hydrogen (secondary N) is 2. The summed E-state index contributed by atoms with van der Waals surface area (Å²) in [6, 6.07) is -0.179. The minimum atomic E-state index is -0.930. The molecule has 3 aliphatic rings. The van der Waals surface area contributed by atoms with Gasteiger partial charge >= 0.3 is 12.0 Å². The topological polar surface area (TPSA) is 95.5 Å². The summed E-state index contributed by atoms with van der Waals surface area (Å²) in [4.78, 5) is 34.0. The Kier molecular flexibility index (Phi) is 3.63.